The molecule has 2 aromatic rings. The number of azide groups is 1. The van der Waals surface area contributed by atoms with Gasteiger partial charge in [0.05, 0.1) is 17.2 Å². The van der Waals surface area contributed by atoms with Crippen molar-refractivity contribution in [1.82, 2.24) is 4.90 Å². The van der Waals surface area contributed by atoms with E-state index in [2.05, 4.69) is 10.0 Å². The number of benzene rings is 2. The molecule has 6 nitrogen and oxygen atoms in total. The van der Waals surface area contributed by atoms with Crippen LogP contribution in [0, 0.1) is 0 Å². The maximum atomic E-state index is 12.7. The fourth-order valence-electron chi connectivity index (χ4n) is 2.84. The summed E-state index contributed by atoms with van der Waals surface area (Å²) in [6, 6.07) is 15.7. The minimum Gasteiger partial charge on any atom is -0.269 e. The third-order valence-corrected chi connectivity index (χ3v) is 3.89. The highest BCUT2D eigenvalue weighted by molar-refractivity contribution is 6.21. The molecule has 0 radical (unpaired) electrons. The Kier molecular flexibility index (Phi) is 4.08. The van der Waals surface area contributed by atoms with Crippen LogP contribution >= 0.6 is 0 Å². The van der Waals surface area contributed by atoms with Crippen LogP contribution in [0.5, 0.6) is 0 Å². The molecule has 2 aromatic carbocycles. The predicted octanol–water partition coefficient (Wildman–Crippen LogP) is 3.72. The van der Waals surface area contributed by atoms with Crippen molar-refractivity contribution in [3.8, 4) is 0 Å². The standard InChI is InChI=1S/C17H14N4O2/c18-20-19-11-10-15(12-6-2-1-3-7-12)21-16(22)13-8-4-5-9-14(13)17(21)23/h1-9,15H,10-11H2/t15-/m1/s1. The van der Waals surface area contributed by atoms with Gasteiger partial charge in [-0.25, -0.2) is 0 Å². The molecular formula is C17H14N4O2. The molecule has 0 aliphatic carbocycles. The Morgan fingerprint density at radius 3 is 2.09 bits per heavy atom. The van der Waals surface area contributed by atoms with Gasteiger partial charge in [-0.15, -0.1) is 0 Å². The lowest BCUT2D eigenvalue weighted by Crippen LogP contribution is -2.34. The molecule has 0 saturated heterocycles. The van der Waals surface area contributed by atoms with Gasteiger partial charge in [0.1, 0.15) is 0 Å². The highest BCUT2D eigenvalue weighted by atomic mass is 16.2. The van der Waals surface area contributed by atoms with E-state index in [1.54, 1.807) is 24.3 Å². The number of hydrogen-bond acceptors (Lipinski definition) is 3. The molecule has 0 unspecified atom stereocenters. The smallest absolute Gasteiger partial charge is 0.262 e. The van der Waals surface area contributed by atoms with Gasteiger partial charge >= 0.3 is 0 Å². The number of carbonyl (C=O) groups is 2. The normalized spacial score (nSPS) is 14.3. The van der Waals surface area contributed by atoms with E-state index < -0.39 is 6.04 Å². The molecular weight excluding hydrogens is 292 g/mol. The second-order valence-electron chi connectivity index (χ2n) is 5.20. The first-order valence-corrected chi connectivity index (χ1v) is 7.26. The molecule has 1 heterocycles. The molecule has 1 atom stereocenters. The van der Waals surface area contributed by atoms with Gasteiger partial charge in [-0.1, -0.05) is 47.6 Å². The van der Waals surface area contributed by atoms with Crippen LogP contribution in [-0.4, -0.2) is 23.3 Å². The van der Waals surface area contributed by atoms with E-state index in [1.807, 2.05) is 30.3 Å². The molecule has 3 rings (SSSR count). The van der Waals surface area contributed by atoms with Crippen LogP contribution in [0.2, 0.25) is 0 Å². The Morgan fingerprint density at radius 1 is 0.957 bits per heavy atom. The molecule has 0 bridgehead atoms. The van der Waals surface area contributed by atoms with E-state index in [0.717, 1.165) is 5.56 Å². The number of nitrogens with zero attached hydrogens (tertiary/aromatic N) is 4. The van der Waals surface area contributed by atoms with Gasteiger partial charge in [0, 0.05) is 11.5 Å². The Morgan fingerprint density at radius 2 is 1.52 bits per heavy atom. The number of fused-ring (bicyclic) bond motifs is 1. The lowest BCUT2D eigenvalue weighted by atomic mass is 10.0. The van der Waals surface area contributed by atoms with Gasteiger partial charge in [0.2, 0.25) is 0 Å². The average molecular weight is 306 g/mol. The van der Waals surface area contributed by atoms with Gasteiger partial charge in [0.15, 0.2) is 0 Å². The Hall–Kier alpha value is -3.11. The summed E-state index contributed by atoms with van der Waals surface area (Å²) in [6.45, 7) is 0.212. The zero-order valence-corrected chi connectivity index (χ0v) is 12.3. The largest absolute Gasteiger partial charge is 0.269 e. The number of carbonyl (C=O) groups excluding carboxylic acids is 2. The third-order valence-electron chi connectivity index (χ3n) is 3.89. The summed E-state index contributed by atoms with van der Waals surface area (Å²) in [5.74, 6) is -0.610. The van der Waals surface area contributed by atoms with E-state index >= 15 is 0 Å². The second kappa shape index (κ2) is 6.34. The SMILES string of the molecule is [N-]=[N+]=NCC[C@H](c1ccccc1)N1C(=O)c2ccccc2C1=O. The van der Waals surface area contributed by atoms with Gasteiger partial charge in [-0.3, -0.25) is 14.5 Å². The van der Waals surface area contributed by atoms with E-state index in [0.29, 0.717) is 17.5 Å². The van der Waals surface area contributed by atoms with Crippen molar-refractivity contribution in [3.63, 3.8) is 0 Å². The van der Waals surface area contributed by atoms with Crippen LogP contribution in [0.1, 0.15) is 38.7 Å². The van der Waals surface area contributed by atoms with Crippen LogP contribution in [0.15, 0.2) is 59.7 Å². The van der Waals surface area contributed by atoms with Crippen LogP contribution < -0.4 is 0 Å². The Labute approximate surface area is 133 Å². The first-order valence-electron chi connectivity index (χ1n) is 7.26. The molecule has 0 spiro atoms. The van der Waals surface area contributed by atoms with Crippen LogP contribution in [-0.2, 0) is 0 Å². The topological polar surface area (TPSA) is 86.1 Å². The number of imide groups is 1. The van der Waals surface area contributed by atoms with Crippen molar-refractivity contribution >= 4 is 11.8 Å². The van der Waals surface area contributed by atoms with Gasteiger partial charge < -0.3 is 0 Å². The average Bonchev–Trinajstić information content (AvgIpc) is 2.85. The summed E-state index contributed by atoms with van der Waals surface area (Å²) >= 11 is 0. The van der Waals surface area contributed by atoms with E-state index in [9.17, 15) is 9.59 Å². The lowest BCUT2D eigenvalue weighted by molar-refractivity contribution is 0.0576. The van der Waals surface area contributed by atoms with Gasteiger partial charge in [-0.05, 0) is 29.6 Å². The van der Waals surface area contributed by atoms with E-state index in [4.69, 9.17) is 5.53 Å². The summed E-state index contributed by atoms with van der Waals surface area (Å²) in [7, 11) is 0. The lowest BCUT2D eigenvalue weighted by Gasteiger charge is -2.26. The molecule has 2 amide bonds. The monoisotopic (exact) mass is 306 g/mol. The highest BCUT2D eigenvalue weighted by Gasteiger charge is 2.39. The van der Waals surface area contributed by atoms with Crippen molar-refractivity contribution in [2.75, 3.05) is 6.54 Å². The fraction of sp³-hybridized carbons (Fsp3) is 0.176. The summed E-state index contributed by atoms with van der Waals surface area (Å²) in [5.41, 5.74) is 10.2. The Balaban J connectivity index is 1.99. The maximum absolute atomic E-state index is 12.7. The van der Waals surface area contributed by atoms with Gasteiger partial charge in [-0.2, -0.15) is 0 Å². The summed E-state index contributed by atoms with van der Waals surface area (Å²) in [6.07, 6.45) is 0.388. The van der Waals surface area contributed by atoms with Crippen molar-refractivity contribution in [3.05, 3.63) is 81.7 Å². The first kappa shape index (κ1) is 14.8. The molecule has 0 saturated carbocycles. The summed E-state index contributed by atoms with van der Waals surface area (Å²) in [5, 5.41) is 3.54. The van der Waals surface area contributed by atoms with Crippen LogP contribution in [0.4, 0.5) is 0 Å². The highest BCUT2D eigenvalue weighted by Crippen LogP contribution is 2.33. The number of hydrogen-bond donors (Lipinski definition) is 0. The quantitative estimate of drug-likeness (QED) is 0.365. The molecule has 0 aromatic heterocycles. The van der Waals surface area contributed by atoms with E-state index in [-0.39, 0.29) is 18.4 Å². The van der Waals surface area contributed by atoms with Crippen molar-refractivity contribution in [1.29, 1.82) is 0 Å². The maximum Gasteiger partial charge on any atom is 0.262 e. The zero-order chi connectivity index (χ0) is 16.2. The summed E-state index contributed by atoms with van der Waals surface area (Å²) in [4.78, 5) is 29.3. The second-order valence-corrected chi connectivity index (χ2v) is 5.20. The molecule has 0 fully saturated rings. The van der Waals surface area contributed by atoms with Crippen molar-refractivity contribution in [2.24, 2.45) is 5.11 Å². The van der Waals surface area contributed by atoms with Crippen molar-refractivity contribution < 1.29 is 9.59 Å². The van der Waals surface area contributed by atoms with Crippen LogP contribution in [0.3, 0.4) is 0 Å². The van der Waals surface area contributed by atoms with Gasteiger partial charge in [0.25, 0.3) is 11.8 Å². The summed E-state index contributed by atoms with van der Waals surface area (Å²) < 4.78 is 0. The minimum absolute atomic E-state index is 0.212. The molecule has 6 heteroatoms. The third kappa shape index (κ3) is 2.67. The van der Waals surface area contributed by atoms with Crippen LogP contribution in [0.25, 0.3) is 10.4 Å². The molecule has 0 N–H and O–H groups in total. The fourth-order valence-corrected chi connectivity index (χ4v) is 2.84. The Bertz CT molecular complexity index is 762. The number of amides is 2. The van der Waals surface area contributed by atoms with E-state index in [1.165, 1.54) is 4.90 Å². The molecule has 1 aliphatic rings. The zero-order valence-electron chi connectivity index (χ0n) is 12.3. The minimum atomic E-state index is -0.450. The van der Waals surface area contributed by atoms with Crippen molar-refractivity contribution in [2.45, 2.75) is 12.5 Å². The number of rotatable bonds is 5. The molecule has 23 heavy (non-hydrogen) atoms. The molecule has 1 aliphatic heterocycles. The first-order chi connectivity index (χ1) is 11.2. The molecule has 114 valence electrons. The predicted molar refractivity (Wildman–Crippen MR) is 84.8 cm³/mol.